The lowest BCUT2D eigenvalue weighted by Gasteiger charge is -2.42. The summed E-state index contributed by atoms with van der Waals surface area (Å²) < 4.78 is 5.24. The number of anilines is 2. The molecule has 0 bridgehead atoms. The van der Waals surface area contributed by atoms with Crippen LogP contribution < -0.4 is 16.2 Å². The number of hydrogen-bond acceptors (Lipinski definition) is 5. The third-order valence-corrected chi connectivity index (χ3v) is 5.30. The summed E-state index contributed by atoms with van der Waals surface area (Å²) in [5.41, 5.74) is 3.57. The fourth-order valence-corrected chi connectivity index (χ4v) is 3.94. The van der Waals surface area contributed by atoms with Gasteiger partial charge in [-0.2, -0.15) is 0 Å². The zero-order valence-corrected chi connectivity index (χ0v) is 16.3. The molecule has 1 saturated carbocycles. The van der Waals surface area contributed by atoms with Crippen molar-refractivity contribution >= 4 is 11.5 Å². The Morgan fingerprint density at radius 1 is 1.22 bits per heavy atom. The predicted molar refractivity (Wildman–Crippen MR) is 107 cm³/mol. The topological polar surface area (TPSA) is 92.0 Å². The highest BCUT2D eigenvalue weighted by Gasteiger charge is 2.39. The Labute approximate surface area is 160 Å². The van der Waals surface area contributed by atoms with Crippen molar-refractivity contribution in [3.63, 3.8) is 0 Å². The van der Waals surface area contributed by atoms with E-state index in [1.165, 1.54) is 6.42 Å². The second-order valence-corrected chi connectivity index (χ2v) is 7.29. The molecule has 27 heavy (non-hydrogen) atoms. The van der Waals surface area contributed by atoms with Gasteiger partial charge in [0, 0.05) is 6.07 Å². The minimum Gasteiger partial charge on any atom is -0.360 e. The van der Waals surface area contributed by atoms with Crippen LogP contribution in [0.4, 0.5) is 11.5 Å². The SMILES string of the molecule is C=C(N(/N=N\N)c1c(C)cccc1C)C1(Nc2cc(C)on2)CCCCC1. The smallest absolute Gasteiger partial charge is 0.170 e. The van der Waals surface area contributed by atoms with Crippen molar-refractivity contribution < 1.29 is 4.52 Å². The first-order valence-corrected chi connectivity index (χ1v) is 9.35. The minimum atomic E-state index is -0.384. The Hall–Kier alpha value is -2.83. The van der Waals surface area contributed by atoms with Gasteiger partial charge in [0.15, 0.2) is 5.82 Å². The van der Waals surface area contributed by atoms with Crippen LogP contribution in [0.2, 0.25) is 0 Å². The Balaban J connectivity index is 2.02. The quantitative estimate of drug-likeness (QED) is 0.426. The highest BCUT2D eigenvalue weighted by Crippen LogP contribution is 2.41. The number of hydrogen-bond donors (Lipinski definition) is 2. The molecule has 7 nitrogen and oxygen atoms in total. The lowest BCUT2D eigenvalue weighted by molar-refractivity contribution is 0.354. The second-order valence-electron chi connectivity index (χ2n) is 7.29. The van der Waals surface area contributed by atoms with Crippen LogP contribution in [0.25, 0.3) is 0 Å². The van der Waals surface area contributed by atoms with E-state index in [1.807, 2.05) is 19.1 Å². The van der Waals surface area contributed by atoms with E-state index in [4.69, 9.17) is 10.4 Å². The summed E-state index contributed by atoms with van der Waals surface area (Å²) in [6, 6.07) is 8.03. The number of nitrogens with two attached hydrogens (primary N) is 1. The summed E-state index contributed by atoms with van der Waals surface area (Å²) in [5.74, 6) is 6.94. The first-order valence-electron chi connectivity index (χ1n) is 9.35. The number of benzene rings is 1. The van der Waals surface area contributed by atoms with Gasteiger partial charge in [0.2, 0.25) is 0 Å². The zero-order valence-electron chi connectivity index (χ0n) is 16.3. The van der Waals surface area contributed by atoms with Crippen molar-refractivity contribution in [3.05, 3.63) is 53.4 Å². The maximum atomic E-state index is 5.46. The van der Waals surface area contributed by atoms with Crippen LogP contribution >= 0.6 is 0 Å². The van der Waals surface area contributed by atoms with Gasteiger partial charge in [0.05, 0.1) is 16.9 Å². The average molecular weight is 368 g/mol. The van der Waals surface area contributed by atoms with Crippen LogP contribution in [0.3, 0.4) is 0 Å². The van der Waals surface area contributed by atoms with Crippen LogP contribution in [0.5, 0.6) is 0 Å². The number of aryl methyl sites for hydroxylation is 3. The number of aromatic nitrogens is 1. The molecule has 1 aromatic carbocycles. The summed E-state index contributed by atoms with van der Waals surface area (Å²) in [5, 5.41) is 17.3. The molecule has 0 amide bonds. The Morgan fingerprint density at radius 2 is 1.89 bits per heavy atom. The van der Waals surface area contributed by atoms with E-state index in [0.29, 0.717) is 5.82 Å². The van der Waals surface area contributed by atoms with Gasteiger partial charge < -0.3 is 15.7 Å². The number of rotatable bonds is 6. The van der Waals surface area contributed by atoms with Crippen LogP contribution in [-0.4, -0.2) is 10.7 Å². The molecule has 0 spiro atoms. The Bertz CT molecular complexity index is 814. The van der Waals surface area contributed by atoms with E-state index < -0.39 is 0 Å². The number of para-hydroxylation sites is 1. The Morgan fingerprint density at radius 3 is 2.44 bits per heavy atom. The molecule has 144 valence electrons. The molecule has 7 heteroatoms. The highest BCUT2D eigenvalue weighted by atomic mass is 16.5. The molecule has 1 aliphatic rings. The molecule has 1 aliphatic carbocycles. The third-order valence-electron chi connectivity index (χ3n) is 5.30. The van der Waals surface area contributed by atoms with Crippen molar-refractivity contribution in [3.8, 4) is 0 Å². The van der Waals surface area contributed by atoms with E-state index in [2.05, 4.69) is 53.5 Å². The highest BCUT2D eigenvalue weighted by molar-refractivity contribution is 5.63. The monoisotopic (exact) mass is 368 g/mol. The van der Waals surface area contributed by atoms with E-state index in [0.717, 1.165) is 54.0 Å². The van der Waals surface area contributed by atoms with Crippen molar-refractivity contribution in [1.82, 2.24) is 5.16 Å². The fraction of sp³-hybridized carbons (Fsp3) is 0.450. The van der Waals surface area contributed by atoms with Crippen LogP contribution in [0.1, 0.15) is 49.0 Å². The van der Waals surface area contributed by atoms with E-state index >= 15 is 0 Å². The molecule has 0 saturated heterocycles. The summed E-state index contributed by atoms with van der Waals surface area (Å²) in [4.78, 5) is 0. The molecule has 0 aliphatic heterocycles. The van der Waals surface area contributed by atoms with Crippen molar-refractivity contribution in [2.45, 2.75) is 58.4 Å². The van der Waals surface area contributed by atoms with Gasteiger partial charge >= 0.3 is 0 Å². The average Bonchev–Trinajstić information content (AvgIpc) is 3.05. The van der Waals surface area contributed by atoms with Crippen LogP contribution in [-0.2, 0) is 0 Å². The van der Waals surface area contributed by atoms with Gasteiger partial charge in [-0.15, -0.1) is 0 Å². The molecular formula is C20H28N6O. The molecule has 1 heterocycles. The lowest BCUT2D eigenvalue weighted by atomic mass is 9.79. The third kappa shape index (κ3) is 3.82. The fourth-order valence-electron chi connectivity index (χ4n) is 3.94. The number of nitrogens with one attached hydrogen (secondary N) is 1. The van der Waals surface area contributed by atoms with E-state index in [1.54, 1.807) is 5.01 Å². The summed E-state index contributed by atoms with van der Waals surface area (Å²) in [6.07, 6.45) is 5.27. The first kappa shape index (κ1) is 18.9. The first-order chi connectivity index (χ1) is 13.0. The molecule has 1 aromatic heterocycles. The van der Waals surface area contributed by atoms with Gasteiger partial charge in [-0.25, -0.2) is 5.01 Å². The van der Waals surface area contributed by atoms with Crippen LogP contribution in [0, 0.1) is 20.8 Å². The van der Waals surface area contributed by atoms with Crippen molar-refractivity contribution in [2.75, 3.05) is 10.3 Å². The van der Waals surface area contributed by atoms with E-state index in [9.17, 15) is 0 Å². The van der Waals surface area contributed by atoms with E-state index in [-0.39, 0.29) is 5.54 Å². The summed E-state index contributed by atoms with van der Waals surface area (Å²) in [6.45, 7) is 10.4. The van der Waals surface area contributed by atoms with Crippen molar-refractivity contribution in [1.29, 1.82) is 0 Å². The standard InChI is InChI=1S/C20H28N6O/c1-14-9-8-10-15(2)19(14)26(25-24-21)17(4)20(11-6-5-7-12-20)22-18-13-16(3)27-23-18/h8-10,13H,4-7,11-12H2,1-3H3,(H2,21,25)(H,22,23). The summed E-state index contributed by atoms with van der Waals surface area (Å²) >= 11 is 0. The molecule has 0 unspecified atom stereocenters. The second kappa shape index (κ2) is 7.82. The van der Waals surface area contributed by atoms with Gasteiger partial charge in [-0.1, -0.05) is 54.4 Å². The predicted octanol–water partition coefficient (Wildman–Crippen LogP) is 4.98. The molecule has 1 fully saturated rings. The Kier molecular flexibility index (Phi) is 5.48. The lowest BCUT2D eigenvalue weighted by Crippen LogP contribution is -2.47. The molecule has 3 rings (SSSR count). The largest absolute Gasteiger partial charge is 0.360 e. The molecule has 3 N–H and O–H groups in total. The van der Waals surface area contributed by atoms with Crippen LogP contribution in [0.15, 0.2) is 51.5 Å². The zero-order chi connectivity index (χ0) is 19.4. The van der Waals surface area contributed by atoms with Gasteiger partial charge in [-0.05, 0) is 50.0 Å². The maximum Gasteiger partial charge on any atom is 0.170 e. The summed E-state index contributed by atoms with van der Waals surface area (Å²) in [7, 11) is 0. The molecule has 0 atom stereocenters. The maximum absolute atomic E-state index is 5.46. The molecular weight excluding hydrogens is 340 g/mol. The van der Waals surface area contributed by atoms with Crippen molar-refractivity contribution in [2.24, 2.45) is 16.3 Å². The molecule has 0 radical (unpaired) electrons. The van der Waals surface area contributed by atoms with Gasteiger partial charge in [0.25, 0.3) is 0 Å². The molecule has 2 aromatic rings. The van der Waals surface area contributed by atoms with Gasteiger partial charge in [-0.3, -0.25) is 0 Å². The normalized spacial score (nSPS) is 16.4. The minimum absolute atomic E-state index is 0.384. The number of nitrogens with zero attached hydrogens (tertiary/aromatic N) is 4. The van der Waals surface area contributed by atoms with Gasteiger partial charge in [0.1, 0.15) is 5.76 Å².